The molecule has 1 fully saturated rings. The van der Waals surface area contributed by atoms with Crippen LogP contribution in [0.3, 0.4) is 0 Å². The standard InChI is InChI=1S/C18H31N5O3S.2C2H6/c1-17(2,3)26-16(24)23-12-13(9-18(23,4)5)7-6-8-21-14-10-20-11-15(22-14)27(19)25;2*1-2/h10-11,13H,6-9,12,19H2,1-5H3,(H,21,22);2*1-2H3. The van der Waals surface area contributed by atoms with Gasteiger partial charge in [-0.2, -0.15) is 0 Å². The number of aromatic nitrogens is 2. The van der Waals surface area contributed by atoms with Gasteiger partial charge in [-0.15, -0.1) is 0 Å². The minimum atomic E-state index is -1.64. The minimum Gasteiger partial charge on any atom is -0.444 e. The number of rotatable bonds is 6. The molecular weight excluding hydrogens is 414 g/mol. The fraction of sp³-hybridized carbons (Fsp3) is 0.773. The van der Waals surface area contributed by atoms with E-state index >= 15 is 0 Å². The number of carbonyl (C=O) groups excluding carboxylic acids is 1. The highest BCUT2D eigenvalue weighted by atomic mass is 32.2. The number of amides is 1. The highest BCUT2D eigenvalue weighted by Crippen LogP contribution is 2.36. The van der Waals surface area contributed by atoms with Crippen molar-refractivity contribution in [2.45, 2.75) is 97.7 Å². The lowest BCUT2D eigenvalue weighted by molar-refractivity contribution is 0.0131. The van der Waals surface area contributed by atoms with Crippen molar-refractivity contribution in [2.75, 3.05) is 18.4 Å². The molecular formula is C22H43N5O3S. The van der Waals surface area contributed by atoms with Gasteiger partial charge in [0.15, 0.2) is 5.03 Å². The number of carbonyl (C=O) groups is 1. The molecule has 0 saturated carbocycles. The number of nitrogens with zero attached hydrogens (tertiary/aromatic N) is 3. The van der Waals surface area contributed by atoms with Gasteiger partial charge in [0, 0.05) is 18.6 Å². The van der Waals surface area contributed by atoms with Crippen LogP contribution in [0.5, 0.6) is 0 Å². The van der Waals surface area contributed by atoms with Crippen molar-refractivity contribution in [2.24, 2.45) is 11.1 Å². The number of ether oxygens (including phenoxy) is 1. The monoisotopic (exact) mass is 457 g/mol. The summed E-state index contributed by atoms with van der Waals surface area (Å²) >= 11 is 0. The number of likely N-dealkylation sites (tertiary alicyclic amines) is 1. The SMILES string of the molecule is CC.CC.CC(C)(C)OC(=O)N1CC(CCCNc2cncc(S(N)=O)n2)CC1(C)C. The second kappa shape index (κ2) is 13.6. The molecule has 180 valence electrons. The molecule has 2 unspecified atom stereocenters. The number of nitrogens with two attached hydrogens (primary N) is 1. The van der Waals surface area contributed by atoms with Gasteiger partial charge < -0.3 is 15.0 Å². The second-order valence-corrected chi connectivity index (χ2v) is 9.60. The molecule has 1 aromatic rings. The predicted octanol–water partition coefficient (Wildman–Crippen LogP) is 4.74. The van der Waals surface area contributed by atoms with Crippen LogP contribution >= 0.6 is 0 Å². The molecule has 0 spiro atoms. The average Bonchev–Trinajstić information content (AvgIpc) is 3.02. The van der Waals surface area contributed by atoms with Gasteiger partial charge in [0.05, 0.1) is 12.4 Å². The molecule has 2 heterocycles. The van der Waals surface area contributed by atoms with Crippen LogP contribution in [0.1, 0.15) is 81.6 Å². The molecule has 8 nitrogen and oxygen atoms in total. The van der Waals surface area contributed by atoms with Crippen LogP contribution in [0.2, 0.25) is 0 Å². The Morgan fingerprint density at radius 2 is 1.90 bits per heavy atom. The fourth-order valence-electron chi connectivity index (χ4n) is 3.36. The van der Waals surface area contributed by atoms with E-state index in [4.69, 9.17) is 9.88 Å². The fourth-order valence-corrected chi connectivity index (χ4v) is 3.71. The van der Waals surface area contributed by atoms with E-state index in [1.807, 2.05) is 53.4 Å². The lowest BCUT2D eigenvalue weighted by atomic mass is 9.93. The normalized spacial score (nSPS) is 18.1. The van der Waals surface area contributed by atoms with Crippen molar-refractivity contribution >= 4 is 22.9 Å². The highest BCUT2D eigenvalue weighted by Gasteiger charge is 2.42. The van der Waals surface area contributed by atoms with E-state index in [0.29, 0.717) is 18.3 Å². The largest absolute Gasteiger partial charge is 0.444 e. The summed E-state index contributed by atoms with van der Waals surface area (Å²) in [6.07, 6.45) is 5.61. The van der Waals surface area contributed by atoms with Gasteiger partial charge in [-0.05, 0) is 59.8 Å². The molecule has 1 aliphatic heterocycles. The van der Waals surface area contributed by atoms with E-state index in [0.717, 1.165) is 25.8 Å². The van der Waals surface area contributed by atoms with E-state index < -0.39 is 16.6 Å². The maximum absolute atomic E-state index is 12.5. The van der Waals surface area contributed by atoms with Crippen LogP contribution in [-0.4, -0.2) is 49.4 Å². The molecule has 9 heteroatoms. The minimum absolute atomic E-state index is 0.203. The summed E-state index contributed by atoms with van der Waals surface area (Å²) in [5, 5.41) is 8.76. The molecule has 1 amide bonds. The van der Waals surface area contributed by atoms with Gasteiger partial charge in [0.1, 0.15) is 22.4 Å². The topological polar surface area (TPSA) is 110 Å². The Hall–Kier alpha value is -1.74. The first-order valence-corrected chi connectivity index (χ1v) is 12.4. The summed E-state index contributed by atoms with van der Waals surface area (Å²) in [5.41, 5.74) is -0.691. The quantitative estimate of drug-likeness (QED) is 0.597. The number of anilines is 1. The molecule has 0 bridgehead atoms. The molecule has 1 saturated heterocycles. The van der Waals surface area contributed by atoms with E-state index in [1.54, 1.807) is 6.20 Å². The molecule has 2 rings (SSSR count). The average molecular weight is 458 g/mol. The van der Waals surface area contributed by atoms with Gasteiger partial charge in [0.2, 0.25) is 0 Å². The summed E-state index contributed by atoms with van der Waals surface area (Å²) in [5.74, 6) is 0.997. The molecule has 0 aliphatic carbocycles. The van der Waals surface area contributed by atoms with E-state index in [9.17, 15) is 9.00 Å². The number of hydrogen-bond donors (Lipinski definition) is 2. The number of nitrogens with one attached hydrogen (secondary N) is 1. The Bertz CT molecular complexity index is 692. The third-order valence-electron chi connectivity index (χ3n) is 4.49. The Balaban J connectivity index is 0.00000212. The maximum atomic E-state index is 12.5. The van der Waals surface area contributed by atoms with E-state index in [-0.39, 0.29) is 16.7 Å². The van der Waals surface area contributed by atoms with Crippen LogP contribution in [-0.2, 0) is 15.7 Å². The summed E-state index contributed by atoms with van der Waals surface area (Å²) < 4.78 is 16.8. The van der Waals surface area contributed by atoms with Gasteiger partial charge in [-0.3, -0.25) is 4.98 Å². The third kappa shape index (κ3) is 10.4. The van der Waals surface area contributed by atoms with Crippen LogP contribution in [0.4, 0.5) is 10.6 Å². The van der Waals surface area contributed by atoms with Crippen LogP contribution in [0.25, 0.3) is 0 Å². The van der Waals surface area contributed by atoms with Crippen LogP contribution < -0.4 is 10.5 Å². The Kier molecular flexibility index (Phi) is 12.9. The molecule has 0 radical (unpaired) electrons. The van der Waals surface area contributed by atoms with Crippen molar-refractivity contribution in [3.8, 4) is 0 Å². The smallest absolute Gasteiger partial charge is 0.410 e. The van der Waals surface area contributed by atoms with E-state index in [2.05, 4.69) is 29.1 Å². The van der Waals surface area contributed by atoms with Crippen molar-refractivity contribution in [3.05, 3.63) is 12.4 Å². The summed E-state index contributed by atoms with van der Waals surface area (Å²) in [6, 6.07) is 0. The van der Waals surface area contributed by atoms with Gasteiger partial charge in [-0.25, -0.2) is 19.1 Å². The zero-order valence-corrected chi connectivity index (χ0v) is 21.6. The van der Waals surface area contributed by atoms with Crippen molar-refractivity contribution in [1.29, 1.82) is 0 Å². The zero-order chi connectivity index (χ0) is 24.2. The summed E-state index contributed by atoms with van der Waals surface area (Å²) in [7, 11) is -1.64. The first-order chi connectivity index (χ1) is 14.5. The lowest BCUT2D eigenvalue weighted by Gasteiger charge is -2.33. The molecule has 1 aromatic heterocycles. The van der Waals surface area contributed by atoms with Crippen molar-refractivity contribution < 1.29 is 13.7 Å². The second-order valence-electron chi connectivity index (χ2n) is 8.58. The van der Waals surface area contributed by atoms with Crippen molar-refractivity contribution in [1.82, 2.24) is 14.9 Å². The predicted molar refractivity (Wildman–Crippen MR) is 128 cm³/mol. The molecule has 1 aliphatic rings. The van der Waals surface area contributed by atoms with Gasteiger partial charge in [0.25, 0.3) is 0 Å². The maximum Gasteiger partial charge on any atom is 0.410 e. The molecule has 3 N–H and O–H groups in total. The van der Waals surface area contributed by atoms with E-state index in [1.165, 1.54) is 6.20 Å². The molecule has 2 atom stereocenters. The van der Waals surface area contributed by atoms with Crippen molar-refractivity contribution in [3.63, 3.8) is 0 Å². The molecule has 31 heavy (non-hydrogen) atoms. The van der Waals surface area contributed by atoms with Crippen LogP contribution in [0, 0.1) is 5.92 Å². The Morgan fingerprint density at radius 3 is 2.45 bits per heavy atom. The third-order valence-corrected chi connectivity index (χ3v) is 5.10. The Labute approximate surface area is 191 Å². The van der Waals surface area contributed by atoms with Crippen LogP contribution in [0.15, 0.2) is 17.4 Å². The summed E-state index contributed by atoms with van der Waals surface area (Å²) in [4.78, 5) is 22.5. The van der Waals surface area contributed by atoms with Gasteiger partial charge in [-0.1, -0.05) is 27.7 Å². The lowest BCUT2D eigenvalue weighted by Crippen LogP contribution is -2.45. The number of hydrogen-bond acceptors (Lipinski definition) is 6. The highest BCUT2D eigenvalue weighted by molar-refractivity contribution is 7.82. The summed E-state index contributed by atoms with van der Waals surface area (Å²) in [6.45, 7) is 19.3. The first-order valence-electron chi connectivity index (χ1n) is 11.2. The first kappa shape index (κ1) is 29.3. The zero-order valence-electron chi connectivity index (χ0n) is 20.8. The Morgan fingerprint density at radius 1 is 1.29 bits per heavy atom. The molecule has 0 aromatic carbocycles. The van der Waals surface area contributed by atoms with Gasteiger partial charge >= 0.3 is 6.09 Å².